The molecule has 0 fully saturated rings. The quantitative estimate of drug-likeness (QED) is 0.159. The molecule has 3 aliphatic carbocycles. The van der Waals surface area contributed by atoms with Crippen molar-refractivity contribution in [3.8, 4) is 27.9 Å². The number of nitrogens with zero attached hydrogens (tertiary/aromatic N) is 1. The Morgan fingerprint density at radius 1 is 0.333 bits per heavy atom. The van der Waals surface area contributed by atoms with E-state index in [0.717, 1.165) is 0 Å². The van der Waals surface area contributed by atoms with Gasteiger partial charge < -0.3 is 4.57 Å². The highest BCUT2D eigenvalue weighted by molar-refractivity contribution is 6.20. The summed E-state index contributed by atoms with van der Waals surface area (Å²) in [5.41, 5.74) is 21.4. The molecular formula is C56H37N. The van der Waals surface area contributed by atoms with Gasteiger partial charge in [-0.3, -0.25) is 0 Å². The summed E-state index contributed by atoms with van der Waals surface area (Å²) in [6.07, 6.45) is 0. The molecule has 0 N–H and O–H groups in total. The molecule has 0 radical (unpaired) electrons. The SMILES string of the molecule is Cc1cc(C)cc(-n2c3cc4c(cc3c3ccc5ccccc5c32)-c2ccccc2C42c3ccccc3C3(c4ccccc4-c4ccccc43)c3ccccc32)c1. The van der Waals surface area contributed by atoms with E-state index in [2.05, 4.69) is 206 Å². The van der Waals surface area contributed by atoms with Crippen LogP contribution in [0.5, 0.6) is 0 Å². The summed E-state index contributed by atoms with van der Waals surface area (Å²) < 4.78 is 2.57. The van der Waals surface area contributed by atoms with Crippen LogP contribution in [0.25, 0.3) is 60.5 Å². The second kappa shape index (κ2) is 10.9. The molecule has 1 aromatic heterocycles. The fraction of sp³-hybridized carbons (Fsp3) is 0.0714. The number of rotatable bonds is 1. The highest BCUT2D eigenvalue weighted by atomic mass is 15.0. The number of fused-ring (bicyclic) bond motifs is 21. The lowest BCUT2D eigenvalue weighted by Crippen LogP contribution is -2.43. The largest absolute Gasteiger partial charge is 0.309 e. The summed E-state index contributed by atoms with van der Waals surface area (Å²) in [5.74, 6) is 0. The molecule has 13 rings (SSSR count). The topological polar surface area (TPSA) is 4.93 Å². The maximum Gasteiger partial charge on any atom is 0.0720 e. The zero-order valence-corrected chi connectivity index (χ0v) is 31.8. The van der Waals surface area contributed by atoms with E-state index < -0.39 is 10.8 Å². The number of hydrogen-bond donors (Lipinski definition) is 0. The third-order valence-corrected chi connectivity index (χ3v) is 13.7. The van der Waals surface area contributed by atoms with Crippen LogP contribution in [0.3, 0.4) is 0 Å². The smallest absolute Gasteiger partial charge is 0.0720 e. The molecule has 9 aromatic carbocycles. The van der Waals surface area contributed by atoms with E-state index in [0.29, 0.717) is 0 Å². The fourth-order valence-corrected chi connectivity index (χ4v) is 11.9. The Morgan fingerprint density at radius 2 is 0.789 bits per heavy atom. The average molecular weight is 724 g/mol. The monoisotopic (exact) mass is 723 g/mol. The summed E-state index contributed by atoms with van der Waals surface area (Å²) in [7, 11) is 0. The average Bonchev–Trinajstić information content (AvgIpc) is 3.85. The summed E-state index contributed by atoms with van der Waals surface area (Å²) in [5, 5.41) is 5.10. The lowest BCUT2D eigenvalue weighted by molar-refractivity contribution is 0.633. The first kappa shape index (κ1) is 31.3. The first-order valence-electron chi connectivity index (χ1n) is 20.2. The minimum Gasteiger partial charge on any atom is -0.309 e. The van der Waals surface area contributed by atoms with Gasteiger partial charge in [0.25, 0.3) is 0 Å². The van der Waals surface area contributed by atoms with Crippen molar-refractivity contribution in [3.05, 3.63) is 244 Å². The normalized spacial score (nSPS) is 14.8. The number of aromatic nitrogens is 1. The van der Waals surface area contributed by atoms with E-state index in [1.54, 1.807) is 0 Å². The van der Waals surface area contributed by atoms with Gasteiger partial charge in [-0.15, -0.1) is 0 Å². The predicted octanol–water partition coefficient (Wildman–Crippen LogP) is 13.6. The van der Waals surface area contributed by atoms with Crippen LogP contribution < -0.4 is 0 Å². The van der Waals surface area contributed by atoms with Gasteiger partial charge in [0.05, 0.1) is 21.9 Å². The number of hydrogen-bond acceptors (Lipinski definition) is 0. The van der Waals surface area contributed by atoms with Crippen molar-refractivity contribution in [2.45, 2.75) is 24.7 Å². The van der Waals surface area contributed by atoms with Crippen LogP contribution in [0.15, 0.2) is 188 Å². The fourth-order valence-electron chi connectivity index (χ4n) is 11.9. The van der Waals surface area contributed by atoms with E-state index in [1.165, 1.54) is 116 Å². The molecule has 57 heavy (non-hydrogen) atoms. The molecule has 0 saturated heterocycles. The molecule has 1 heterocycles. The molecule has 1 nitrogen and oxygen atoms in total. The van der Waals surface area contributed by atoms with E-state index >= 15 is 0 Å². The van der Waals surface area contributed by atoms with Crippen LogP contribution >= 0.6 is 0 Å². The van der Waals surface area contributed by atoms with Gasteiger partial charge in [-0.2, -0.15) is 0 Å². The van der Waals surface area contributed by atoms with Gasteiger partial charge in [0, 0.05) is 21.8 Å². The van der Waals surface area contributed by atoms with Crippen molar-refractivity contribution in [3.63, 3.8) is 0 Å². The Hall–Kier alpha value is -6.96. The molecular weight excluding hydrogens is 687 g/mol. The molecule has 0 saturated carbocycles. The minimum atomic E-state index is -0.545. The molecule has 3 aliphatic rings. The van der Waals surface area contributed by atoms with Crippen LogP contribution in [0, 0.1) is 13.8 Å². The van der Waals surface area contributed by atoms with E-state index in [1.807, 2.05) is 0 Å². The minimum absolute atomic E-state index is 0.458. The first-order valence-corrected chi connectivity index (χ1v) is 20.2. The number of aryl methyl sites for hydroxylation is 2. The van der Waals surface area contributed by atoms with Crippen molar-refractivity contribution in [2.24, 2.45) is 0 Å². The van der Waals surface area contributed by atoms with Crippen molar-refractivity contribution in [1.82, 2.24) is 4.57 Å². The molecule has 0 amide bonds. The first-order chi connectivity index (χ1) is 28.1. The van der Waals surface area contributed by atoms with Crippen LogP contribution in [0.2, 0.25) is 0 Å². The van der Waals surface area contributed by atoms with Crippen LogP contribution in [0.4, 0.5) is 0 Å². The van der Waals surface area contributed by atoms with Crippen molar-refractivity contribution in [2.75, 3.05) is 0 Å². The van der Waals surface area contributed by atoms with E-state index in [9.17, 15) is 0 Å². The summed E-state index contributed by atoms with van der Waals surface area (Å²) in [6, 6.07) is 72.0. The van der Waals surface area contributed by atoms with E-state index in [-0.39, 0.29) is 0 Å². The maximum atomic E-state index is 2.58. The predicted molar refractivity (Wildman–Crippen MR) is 236 cm³/mol. The molecule has 1 heteroatoms. The third-order valence-electron chi connectivity index (χ3n) is 13.7. The van der Waals surface area contributed by atoms with Crippen LogP contribution in [-0.2, 0) is 10.8 Å². The van der Waals surface area contributed by atoms with Gasteiger partial charge in [0.1, 0.15) is 0 Å². The molecule has 0 unspecified atom stereocenters. The Labute approximate surface area is 332 Å². The van der Waals surface area contributed by atoms with Gasteiger partial charge >= 0.3 is 0 Å². The Bertz CT molecular complexity index is 3280. The molecule has 2 spiro atoms. The zero-order chi connectivity index (χ0) is 37.6. The second-order valence-corrected chi connectivity index (χ2v) is 16.5. The molecule has 0 atom stereocenters. The lowest BCUT2D eigenvalue weighted by Gasteiger charge is -2.48. The Kier molecular flexibility index (Phi) is 5.96. The Morgan fingerprint density at radius 3 is 1.35 bits per heavy atom. The standard InChI is InChI=1S/C56H37N/c1-34-29-35(2)31-37(30-34)57-53-33-52-43(32-44(53)42-28-27-36-15-3-4-16-38(36)54(42)57)41-19-7-10-22-47(41)56(52)50-25-13-11-23-48(50)55(49-24-12-14-26-51(49)56)45-20-8-5-17-39(45)40-18-6-9-21-46(40)55/h3-33H,1-2H3. The maximum absolute atomic E-state index is 2.58. The Balaban J connectivity index is 1.23. The van der Waals surface area contributed by atoms with E-state index in [4.69, 9.17) is 0 Å². The van der Waals surface area contributed by atoms with Crippen molar-refractivity contribution < 1.29 is 0 Å². The highest BCUT2D eigenvalue weighted by Gasteiger charge is 2.59. The lowest BCUT2D eigenvalue weighted by atomic mass is 9.52. The molecule has 10 aromatic rings. The van der Waals surface area contributed by atoms with Gasteiger partial charge in [-0.1, -0.05) is 164 Å². The third kappa shape index (κ3) is 3.67. The number of benzene rings is 9. The zero-order valence-electron chi connectivity index (χ0n) is 31.8. The van der Waals surface area contributed by atoms with Gasteiger partial charge in [0.15, 0.2) is 0 Å². The van der Waals surface area contributed by atoms with Crippen molar-refractivity contribution in [1.29, 1.82) is 0 Å². The van der Waals surface area contributed by atoms with Crippen molar-refractivity contribution >= 4 is 32.6 Å². The molecule has 0 bridgehead atoms. The summed E-state index contributed by atoms with van der Waals surface area (Å²) >= 11 is 0. The highest BCUT2D eigenvalue weighted by Crippen LogP contribution is 2.67. The summed E-state index contributed by atoms with van der Waals surface area (Å²) in [4.78, 5) is 0. The van der Waals surface area contributed by atoms with Gasteiger partial charge in [0.2, 0.25) is 0 Å². The molecule has 266 valence electrons. The van der Waals surface area contributed by atoms with Crippen LogP contribution in [-0.4, -0.2) is 4.57 Å². The summed E-state index contributed by atoms with van der Waals surface area (Å²) in [6.45, 7) is 4.44. The van der Waals surface area contributed by atoms with Crippen LogP contribution in [0.1, 0.15) is 55.6 Å². The van der Waals surface area contributed by atoms with Gasteiger partial charge in [-0.25, -0.2) is 0 Å². The second-order valence-electron chi connectivity index (χ2n) is 16.5. The van der Waals surface area contributed by atoms with Gasteiger partial charge in [-0.05, 0) is 121 Å². The molecule has 0 aliphatic heterocycles.